The van der Waals surface area contributed by atoms with Gasteiger partial charge in [-0.15, -0.1) is 0 Å². The van der Waals surface area contributed by atoms with Gasteiger partial charge in [-0.25, -0.2) is 4.98 Å². The second-order valence-electron chi connectivity index (χ2n) is 5.99. The summed E-state index contributed by atoms with van der Waals surface area (Å²) in [5.41, 5.74) is 7.25. The van der Waals surface area contributed by atoms with Crippen LogP contribution < -0.4 is 16.2 Å². The molecule has 0 aliphatic carbocycles. The van der Waals surface area contributed by atoms with Gasteiger partial charge in [-0.05, 0) is 32.4 Å². The molecular weight excluding hydrogens is 264 g/mol. The molecule has 1 heterocycles. The third kappa shape index (κ3) is 2.97. The lowest BCUT2D eigenvalue weighted by atomic mass is 10.1. The molecule has 2 aromatic rings. The van der Waals surface area contributed by atoms with Crippen molar-refractivity contribution in [1.29, 1.82) is 0 Å². The third-order valence-electron chi connectivity index (χ3n) is 3.44. The number of hydrogen-bond acceptors (Lipinski definition) is 4. The number of hydrogen-bond donors (Lipinski definition) is 1. The molecule has 0 amide bonds. The molecule has 0 unspecified atom stereocenters. The topological polar surface area (TPSA) is 64.2 Å². The van der Waals surface area contributed by atoms with E-state index >= 15 is 0 Å². The van der Waals surface area contributed by atoms with Gasteiger partial charge in [0.25, 0.3) is 5.56 Å². The first kappa shape index (κ1) is 15.3. The summed E-state index contributed by atoms with van der Waals surface area (Å²) in [5.74, 6) is 0.397. The van der Waals surface area contributed by atoms with Crippen LogP contribution in [-0.2, 0) is 12.1 Å². The van der Waals surface area contributed by atoms with Crippen molar-refractivity contribution in [1.82, 2.24) is 9.55 Å². The fourth-order valence-corrected chi connectivity index (χ4v) is 2.28. The van der Waals surface area contributed by atoms with E-state index in [1.165, 1.54) is 0 Å². The fourth-order valence-electron chi connectivity index (χ4n) is 2.28. The largest absolute Gasteiger partial charge is 0.326 e. The fraction of sp³-hybridized carbons (Fsp3) is 0.375. The number of rotatable bonds is 3. The van der Waals surface area contributed by atoms with Crippen molar-refractivity contribution in [2.75, 3.05) is 11.9 Å². The van der Waals surface area contributed by atoms with E-state index in [1.54, 1.807) is 21.9 Å². The smallest absolute Gasteiger partial charge is 0.294 e. The Kier molecular flexibility index (Phi) is 4.14. The molecule has 0 saturated heterocycles. The van der Waals surface area contributed by atoms with Gasteiger partial charge in [0, 0.05) is 37.2 Å². The van der Waals surface area contributed by atoms with Gasteiger partial charge in [-0.2, -0.15) is 0 Å². The Morgan fingerprint density at radius 3 is 2.57 bits per heavy atom. The van der Waals surface area contributed by atoms with Gasteiger partial charge in [0.1, 0.15) is 0 Å². The molecule has 0 fully saturated rings. The normalized spacial score (nSPS) is 11.5. The lowest BCUT2D eigenvalue weighted by Crippen LogP contribution is -2.36. The lowest BCUT2D eigenvalue weighted by molar-refractivity contribution is 0.383. The summed E-state index contributed by atoms with van der Waals surface area (Å²) in [4.78, 5) is 18.7. The van der Waals surface area contributed by atoms with Gasteiger partial charge >= 0.3 is 0 Å². The van der Waals surface area contributed by atoms with Crippen LogP contribution in [0.3, 0.4) is 0 Å². The van der Waals surface area contributed by atoms with Crippen LogP contribution in [0.1, 0.15) is 26.3 Å². The SMILES string of the molecule is CN(c1ccccc1CN)c1nccn(C(C)(C)C)c1=O. The quantitative estimate of drug-likeness (QED) is 0.939. The predicted molar refractivity (Wildman–Crippen MR) is 85.9 cm³/mol. The molecule has 0 aliphatic rings. The Hall–Kier alpha value is -2.14. The maximum Gasteiger partial charge on any atom is 0.294 e. The molecule has 2 N–H and O–H groups in total. The molecule has 2 rings (SSSR count). The molecule has 0 radical (unpaired) electrons. The average Bonchev–Trinajstić information content (AvgIpc) is 2.45. The molecule has 112 valence electrons. The van der Waals surface area contributed by atoms with Gasteiger partial charge in [-0.1, -0.05) is 18.2 Å². The molecule has 1 aromatic carbocycles. The number of anilines is 2. The van der Waals surface area contributed by atoms with E-state index in [2.05, 4.69) is 4.98 Å². The summed E-state index contributed by atoms with van der Waals surface area (Å²) in [5, 5.41) is 0. The minimum atomic E-state index is -0.289. The Balaban J connectivity index is 2.55. The average molecular weight is 286 g/mol. The van der Waals surface area contributed by atoms with E-state index in [9.17, 15) is 4.79 Å². The standard InChI is InChI=1S/C16H22N4O/c1-16(2,3)20-10-9-18-14(15(20)21)19(4)13-8-6-5-7-12(13)11-17/h5-10H,11,17H2,1-4H3. The Morgan fingerprint density at radius 1 is 1.29 bits per heavy atom. The van der Waals surface area contributed by atoms with Crippen molar-refractivity contribution in [3.8, 4) is 0 Å². The van der Waals surface area contributed by atoms with E-state index in [4.69, 9.17) is 5.73 Å². The molecular formula is C16H22N4O. The molecule has 1 aromatic heterocycles. The Labute approximate surface area is 125 Å². The number of nitrogens with zero attached hydrogens (tertiary/aromatic N) is 3. The molecule has 0 bridgehead atoms. The van der Waals surface area contributed by atoms with Crippen LogP contribution in [0.15, 0.2) is 41.5 Å². The molecule has 5 nitrogen and oxygen atoms in total. The van der Waals surface area contributed by atoms with Crippen molar-refractivity contribution in [2.24, 2.45) is 5.73 Å². The first-order valence-corrected chi connectivity index (χ1v) is 6.96. The summed E-state index contributed by atoms with van der Waals surface area (Å²) in [6, 6.07) is 7.76. The zero-order valence-corrected chi connectivity index (χ0v) is 13.0. The van der Waals surface area contributed by atoms with Crippen LogP contribution in [0.25, 0.3) is 0 Å². The van der Waals surface area contributed by atoms with Gasteiger partial charge in [0.15, 0.2) is 5.82 Å². The summed E-state index contributed by atoms with van der Waals surface area (Å²) < 4.78 is 1.69. The number of aromatic nitrogens is 2. The van der Waals surface area contributed by atoms with Crippen molar-refractivity contribution >= 4 is 11.5 Å². The van der Waals surface area contributed by atoms with Crippen LogP contribution in [0.2, 0.25) is 0 Å². The van der Waals surface area contributed by atoms with E-state index in [1.807, 2.05) is 52.1 Å². The maximum absolute atomic E-state index is 12.7. The van der Waals surface area contributed by atoms with Gasteiger partial charge in [-0.3, -0.25) is 4.79 Å². The lowest BCUT2D eigenvalue weighted by Gasteiger charge is -2.25. The zero-order chi connectivity index (χ0) is 15.6. The summed E-state index contributed by atoms with van der Waals surface area (Å²) in [6.45, 7) is 6.39. The Bertz CT molecular complexity index is 685. The number of nitrogens with two attached hydrogens (primary N) is 1. The van der Waals surface area contributed by atoms with Gasteiger partial charge in [0.2, 0.25) is 0 Å². The van der Waals surface area contributed by atoms with Crippen molar-refractivity contribution in [3.63, 3.8) is 0 Å². The molecule has 21 heavy (non-hydrogen) atoms. The van der Waals surface area contributed by atoms with Crippen molar-refractivity contribution in [2.45, 2.75) is 32.9 Å². The highest BCUT2D eigenvalue weighted by molar-refractivity contribution is 5.62. The second kappa shape index (κ2) is 5.69. The van der Waals surface area contributed by atoms with Gasteiger partial charge < -0.3 is 15.2 Å². The third-order valence-corrected chi connectivity index (χ3v) is 3.44. The highest BCUT2D eigenvalue weighted by Crippen LogP contribution is 2.23. The van der Waals surface area contributed by atoms with E-state index in [0.29, 0.717) is 12.4 Å². The number of para-hydroxylation sites is 1. The summed E-state index contributed by atoms with van der Waals surface area (Å²) in [7, 11) is 1.84. The molecule has 0 spiro atoms. The van der Waals surface area contributed by atoms with Crippen LogP contribution >= 0.6 is 0 Å². The monoisotopic (exact) mass is 286 g/mol. The first-order chi connectivity index (χ1) is 9.86. The minimum absolute atomic E-state index is 0.112. The van der Waals surface area contributed by atoms with Crippen LogP contribution in [-0.4, -0.2) is 16.6 Å². The van der Waals surface area contributed by atoms with Crippen molar-refractivity contribution in [3.05, 3.63) is 52.6 Å². The summed E-state index contributed by atoms with van der Waals surface area (Å²) >= 11 is 0. The van der Waals surface area contributed by atoms with Crippen LogP contribution in [0.5, 0.6) is 0 Å². The molecule has 5 heteroatoms. The molecule has 0 aliphatic heterocycles. The molecule has 0 saturated carbocycles. The van der Waals surface area contributed by atoms with Crippen LogP contribution in [0, 0.1) is 0 Å². The second-order valence-corrected chi connectivity index (χ2v) is 5.99. The number of benzene rings is 1. The van der Waals surface area contributed by atoms with Gasteiger partial charge in [0.05, 0.1) is 0 Å². The zero-order valence-electron chi connectivity index (χ0n) is 13.0. The van der Waals surface area contributed by atoms with E-state index in [0.717, 1.165) is 11.3 Å². The maximum atomic E-state index is 12.7. The summed E-state index contributed by atoms with van der Waals surface area (Å²) in [6.07, 6.45) is 3.37. The molecule has 0 atom stereocenters. The van der Waals surface area contributed by atoms with Crippen LogP contribution in [0.4, 0.5) is 11.5 Å². The highest BCUT2D eigenvalue weighted by atomic mass is 16.1. The minimum Gasteiger partial charge on any atom is -0.326 e. The van der Waals surface area contributed by atoms with Crippen molar-refractivity contribution < 1.29 is 0 Å². The predicted octanol–water partition coefficient (Wildman–Crippen LogP) is 2.22. The van der Waals surface area contributed by atoms with E-state index in [-0.39, 0.29) is 11.1 Å². The van der Waals surface area contributed by atoms with E-state index < -0.39 is 0 Å². The Morgan fingerprint density at radius 2 is 1.95 bits per heavy atom. The highest BCUT2D eigenvalue weighted by Gasteiger charge is 2.19. The first-order valence-electron chi connectivity index (χ1n) is 6.96.